The summed E-state index contributed by atoms with van der Waals surface area (Å²) in [7, 11) is 1.21. The molecular weight excluding hydrogens is 952 g/mol. The van der Waals surface area contributed by atoms with E-state index in [9.17, 15) is 19.0 Å². The number of phosphoric ester groups is 1. The molecule has 0 aromatic heterocycles. The second-order valence-corrected chi connectivity index (χ2v) is 25.4. The van der Waals surface area contributed by atoms with Crippen molar-refractivity contribution in [2.24, 2.45) is 0 Å². The third kappa shape index (κ3) is 57.3. The van der Waals surface area contributed by atoms with Crippen molar-refractivity contribution in [2.75, 3.05) is 40.9 Å². The zero-order chi connectivity index (χ0) is 55.0. The summed E-state index contributed by atoms with van der Waals surface area (Å²) in [4.78, 5) is 40.0. The maximum atomic E-state index is 13.5. The van der Waals surface area contributed by atoms with Crippen LogP contribution in [0, 0.1) is 0 Å². The Kier molecular flexibility index (Phi) is 55.1. The lowest BCUT2D eigenvalue weighted by Crippen LogP contribution is -2.47. The molecule has 446 valence electrons. The van der Waals surface area contributed by atoms with Gasteiger partial charge in [-0.15, -0.1) is 0 Å². The van der Waals surface area contributed by atoms with E-state index in [0.717, 1.165) is 57.8 Å². The molecular formula is C65H129N2O7P. The van der Waals surface area contributed by atoms with Crippen LogP contribution < -0.4 is 10.2 Å². The van der Waals surface area contributed by atoms with Crippen LogP contribution in [0.1, 0.15) is 342 Å². The third-order valence-electron chi connectivity index (χ3n) is 15.2. The van der Waals surface area contributed by atoms with Crippen molar-refractivity contribution < 1.29 is 37.3 Å². The molecule has 0 aromatic rings. The van der Waals surface area contributed by atoms with Crippen molar-refractivity contribution >= 4 is 19.7 Å². The summed E-state index contributed by atoms with van der Waals surface area (Å²) in [6.07, 6.45) is 64.7. The lowest BCUT2D eigenvalue weighted by Gasteiger charge is -2.30. The van der Waals surface area contributed by atoms with Gasteiger partial charge in [0.1, 0.15) is 19.3 Å². The van der Waals surface area contributed by atoms with E-state index >= 15 is 0 Å². The summed E-state index contributed by atoms with van der Waals surface area (Å²) in [5.41, 5.74) is 0. The lowest BCUT2D eigenvalue weighted by molar-refractivity contribution is -0.870. The Morgan fingerprint density at radius 3 is 1.09 bits per heavy atom. The summed E-state index contributed by atoms with van der Waals surface area (Å²) in [6, 6.07) is -0.879. The van der Waals surface area contributed by atoms with E-state index in [2.05, 4.69) is 26.1 Å². The molecule has 0 rings (SSSR count). The van der Waals surface area contributed by atoms with Gasteiger partial charge in [0.15, 0.2) is 0 Å². The molecule has 0 spiro atoms. The van der Waals surface area contributed by atoms with Gasteiger partial charge in [0, 0.05) is 12.8 Å². The van der Waals surface area contributed by atoms with Crippen molar-refractivity contribution in [2.45, 2.75) is 354 Å². The van der Waals surface area contributed by atoms with E-state index in [-0.39, 0.29) is 31.5 Å². The maximum Gasteiger partial charge on any atom is 0.306 e. The van der Waals surface area contributed by atoms with Crippen LogP contribution in [0.5, 0.6) is 0 Å². The number of nitrogens with zero attached hydrogens (tertiary/aromatic N) is 1. The van der Waals surface area contributed by atoms with Crippen LogP contribution in [0.25, 0.3) is 0 Å². The largest absolute Gasteiger partial charge is 0.756 e. The van der Waals surface area contributed by atoms with Gasteiger partial charge in [-0.2, -0.15) is 0 Å². The van der Waals surface area contributed by atoms with Crippen molar-refractivity contribution in [1.29, 1.82) is 0 Å². The topological polar surface area (TPSA) is 114 Å². The molecule has 3 unspecified atom stereocenters. The molecule has 1 amide bonds. The molecule has 0 radical (unpaired) electrons. The molecule has 0 aromatic carbocycles. The number of hydrogen-bond acceptors (Lipinski definition) is 7. The maximum absolute atomic E-state index is 13.5. The Morgan fingerprint density at radius 2 is 0.760 bits per heavy atom. The van der Waals surface area contributed by atoms with E-state index < -0.39 is 20.0 Å². The van der Waals surface area contributed by atoms with E-state index in [1.807, 2.05) is 33.3 Å². The van der Waals surface area contributed by atoms with Crippen molar-refractivity contribution in [1.82, 2.24) is 5.32 Å². The summed E-state index contributed by atoms with van der Waals surface area (Å²) < 4.78 is 30.4. The lowest BCUT2D eigenvalue weighted by atomic mass is 10.0. The number of nitrogens with one attached hydrogen (secondary N) is 1. The molecule has 0 aliphatic carbocycles. The molecule has 0 heterocycles. The van der Waals surface area contributed by atoms with Crippen LogP contribution in [0.4, 0.5) is 0 Å². The number of unbranched alkanes of at least 4 members (excludes halogenated alkanes) is 45. The number of allylic oxidation sites excluding steroid dienone is 1. The molecule has 1 N–H and O–H groups in total. The molecule has 0 saturated carbocycles. The van der Waals surface area contributed by atoms with Crippen LogP contribution in [-0.2, 0) is 27.9 Å². The van der Waals surface area contributed by atoms with Crippen LogP contribution >= 0.6 is 7.82 Å². The van der Waals surface area contributed by atoms with Crippen LogP contribution in [0.2, 0.25) is 0 Å². The minimum absolute atomic E-state index is 0.0167. The first-order valence-corrected chi connectivity index (χ1v) is 34.5. The first kappa shape index (κ1) is 73.8. The van der Waals surface area contributed by atoms with Gasteiger partial charge in [0.05, 0.1) is 33.8 Å². The minimum atomic E-state index is -4.69. The monoisotopic (exact) mass is 1080 g/mol. The van der Waals surface area contributed by atoms with E-state index in [1.54, 1.807) is 0 Å². The Morgan fingerprint density at radius 1 is 0.453 bits per heavy atom. The van der Waals surface area contributed by atoms with Crippen LogP contribution in [0.15, 0.2) is 12.2 Å². The first-order valence-electron chi connectivity index (χ1n) is 33.0. The van der Waals surface area contributed by atoms with Gasteiger partial charge in [-0.1, -0.05) is 309 Å². The number of phosphoric acid groups is 1. The predicted molar refractivity (Wildman–Crippen MR) is 321 cm³/mol. The van der Waals surface area contributed by atoms with E-state index in [4.69, 9.17) is 13.8 Å². The van der Waals surface area contributed by atoms with Crippen molar-refractivity contribution in [3.8, 4) is 0 Å². The molecule has 0 saturated heterocycles. The normalized spacial score (nSPS) is 13.6. The smallest absolute Gasteiger partial charge is 0.306 e. The average molecular weight is 1080 g/mol. The van der Waals surface area contributed by atoms with E-state index in [1.165, 1.54) is 250 Å². The standard InChI is InChI=1S/C65H129N2O7P/c1-7-10-13-16-19-22-25-28-30-31-32-33-34-35-36-37-38-40-43-46-49-52-55-58-65(69)74-63(56-53-50-47-44-41-27-24-21-18-15-12-9-3)62(61-73-75(70,71)72-60-59-67(4,5)6)66-64(68)57-54-51-48-45-42-39-29-26-23-20-17-14-11-8-2/h53,56,62-63H,7-52,54-55,57-61H2,1-6H3,(H-,66,68,70,71)/b56-53-. The highest BCUT2D eigenvalue weighted by Crippen LogP contribution is 2.38. The predicted octanol–water partition coefficient (Wildman–Crippen LogP) is 19.7. The highest BCUT2D eigenvalue weighted by molar-refractivity contribution is 7.45. The fourth-order valence-corrected chi connectivity index (χ4v) is 10.8. The number of esters is 1. The second-order valence-electron chi connectivity index (χ2n) is 24.0. The number of carbonyl (C=O) groups excluding carboxylic acids is 2. The molecule has 9 nitrogen and oxygen atoms in total. The molecule has 10 heteroatoms. The van der Waals surface area contributed by atoms with Gasteiger partial charge in [0.2, 0.25) is 5.91 Å². The number of amides is 1. The first-order chi connectivity index (χ1) is 36.4. The summed E-state index contributed by atoms with van der Waals surface area (Å²) in [6.45, 7) is 6.90. The van der Waals surface area contributed by atoms with Gasteiger partial charge in [-0.25, -0.2) is 0 Å². The number of carbonyl (C=O) groups is 2. The van der Waals surface area contributed by atoms with Crippen molar-refractivity contribution in [3.63, 3.8) is 0 Å². The number of rotatable bonds is 61. The number of ether oxygens (including phenoxy) is 1. The summed E-state index contributed by atoms with van der Waals surface area (Å²) in [5.74, 6) is -0.518. The van der Waals surface area contributed by atoms with Gasteiger partial charge >= 0.3 is 5.97 Å². The molecule has 0 fully saturated rings. The van der Waals surface area contributed by atoms with Crippen LogP contribution in [-0.4, -0.2) is 69.4 Å². The zero-order valence-electron chi connectivity index (χ0n) is 51.0. The van der Waals surface area contributed by atoms with Gasteiger partial charge in [0.25, 0.3) is 7.82 Å². The van der Waals surface area contributed by atoms with E-state index in [0.29, 0.717) is 17.4 Å². The van der Waals surface area contributed by atoms with Crippen molar-refractivity contribution in [3.05, 3.63) is 12.2 Å². The highest BCUT2D eigenvalue weighted by atomic mass is 31.2. The Labute approximate surface area is 467 Å². The number of quaternary nitrogens is 1. The fraction of sp³-hybridized carbons (Fsp3) is 0.938. The van der Waals surface area contributed by atoms with Gasteiger partial charge < -0.3 is 28.5 Å². The number of likely N-dealkylation sites (N-methyl/N-ethyl adjacent to an activating group) is 1. The summed E-state index contributed by atoms with van der Waals surface area (Å²) in [5, 5.41) is 3.04. The zero-order valence-corrected chi connectivity index (χ0v) is 51.9. The second kappa shape index (κ2) is 56.0. The Balaban J connectivity index is 5.07. The number of hydrogen-bond donors (Lipinski definition) is 1. The fourth-order valence-electron chi connectivity index (χ4n) is 10.1. The molecule has 3 atom stereocenters. The third-order valence-corrected chi connectivity index (χ3v) is 16.2. The Bertz CT molecular complexity index is 1290. The Hall–Kier alpha value is -1.25. The van der Waals surface area contributed by atoms with Crippen LogP contribution in [0.3, 0.4) is 0 Å². The molecule has 0 aliphatic heterocycles. The van der Waals surface area contributed by atoms with Gasteiger partial charge in [-0.3, -0.25) is 14.2 Å². The highest BCUT2D eigenvalue weighted by Gasteiger charge is 2.27. The quantitative estimate of drug-likeness (QED) is 0.0212. The minimum Gasteiger partial charge on any atom is -0.756 e. The molecule has 0 aliphatic rings. The SMILES string of the molecule is CCCCCCCCCCCC/C=C\C(OC(=O)CCCCCCCCCCCCCCCCCCCCCCCCC)C(COP(=O)([O-])OCC[N+](C)(C)C)NC(=O)CCCCCCCCCCCCCCCC. The molecule has 0 bridgehead atoms. The molecule has 75 heavy (non-hydrogen) atoms. The summed E-state index contributed by atoms with van der Waals surface area (Å²) >= 11 is 0. The van der Waals surface area contributed by atoms with Gasteiger partial charge in [-0.05, 0) is 31.8 Å². The average Bonchev–Trinajstić information content (AvgIpc) is 3.37.